The zero-order chi connectivity index (χ0) is 16.8. The average molecular weight is 369 g/mol. The monoisotopic (exact) mass is 369 g/mol. The van der Waals surface area contributed by atoms with E-state index in [1.54, 1.807) is 18.4 Å². The van der Waals surface area contributed by atoms with E-state index in [2.05, 4.69) is 25.2 Å². The number of thioether (sulfide) groups is 1. The lowest BCUT2D eigenvalue weighted by Crippen LogP contribution is -2.36. The summed E-state index contributed by atoms with van der Waals surface area (Å²) in [6, 6.07) is 0. The number of nitrogens with zero attached hydrogens (tertiary/aromatic N) is 4. The van der Waals surface area contributed by atoms with E-state index >= 15 is 0 Å². The quantitative estimate of drug-likeness (QED) is 0.435. The first-order chi connectivity index (χ1) is 11.8. The number of methoxy groups -OCH3 is 1. The molecule has 1 amide bonds. The molecule has 1 aliphatic rings. The lowest BCUT2D eigenvalue weighted by molar-refractivity contribution is -0.118. The molecule has 1 aliphatic heterocycles. The van der Waals surface area contributed by atoms with E-state index in [0.29, 0.717) is 37.8 Å². The summed E-state index contributed by atoms with van der Waals surface area (Å²) in [5, 5.41) is 4.52. The van der Waals surface area contributed by atoms with Crippen molar-refractivity contribution in [3.05, 3.63) is 6.33 Å². The van der Waals surface area contributed by atoms with Crippen LogP contribution in [0.25, 0.3) is 10.3 Å². The van der Waals surface area contributed by atoms with Crippen molar-refractivity contribution >= 4 is 44.5 Å². The van der Waals surface area contributed by atoms with Gasteiger partial charge >= 0.3 is 0 Å². The number of aromatic nitrogens is 3. The topological polar surface area (TPSA) is 89.5 Å². The molecule has 10 heteroatoms. The van der Waals surface area contributed by atoms with Crippen LogP contribution in [0.5, 0.6) is 0 Å². The van der Waals surface area contributed by atoms with E-state index in [9.17, 15) is 4.79 Å². The molecule has 1 N–H and O–H groups in total. The minimum Gasteiger partial charge on any atom is -0.383 e. The molecule has 8 nitrogen and oxygen atoms in total. The highest BCUT2D eigenvalue weighted by Crippen LogP contribution is 2.33. The number of anilines is 1. The van der Waals surface area contributed by atoms with Gasteiger partial charge in [-0.15, -0.1) is 0 Å². The molecule has 0 aromatic carbocycles. The predicted molar refractivity (Wildman–Crippen MR) is 93.9 cm³/mol. The van der Waals surface area contributed by atoms with Crippen molar-refractivity contribution in [2.24, 2.45) is 0 Å². The summed E-state index contributed by atoms with van der Waals surface area (Å²) in [4.78, 5) is 27.2. The smallest absolute Gasteiger partial charge is 0.230 e. The number of hydrogen-bond donors (Lipinski definition) is 1. The summed E-state index contributed by atoms with van der Waals surface area (Å²) in [5.41, 5.74) is 0.679. The summed E-state index contributed by atoms with van der Waals surface area (Å²) >= 11 is 2.96. The molecule has 1 saturated heterocycles. The van der Waals surface area contributed by atoms with E-state index in [1.165, 1.54) is 18.1 Å². The maximum absolute atomic E-state index is 11.8. The summed E-state index contributed by atoms with van der Waals surface area (Å²) in [6.07, 6.45) is 1.50. The number of nitrogens with one attached hydrogen (secondary N) is 1. The number of morpholine rings is 1. The van der Waals surface area contributed by atoms with Crippen molar-refractivity contribution in [1.82, 2.24) is 20.3 Å². The maximum atomic E-state index is 11.8. The average Bonchev–Trinajstić information content (AvgIpc) is 3.06. The first-order valence-corrected chi connectivity index (χ1v) is 9.41. The number of thiazole rings is 1. The van der Waals surface area contributed by atoms with Gasteiger partial charge in [-0.05, 0) is 0 Å². The Morgan fingerprint density at radius 1 is 1.46 bits per heavy atom. The SMILES string of the molecule is COCCNC(=O)CSc1ncnc2nc(N3CCOCC3)sc12. The van der Waals surface area contributed by atoms with Crippen LogP contribution in [0.1, 0.15) is 0 Å². The number of hydrogen-bond acceptors (Lipinski definition) is 9. The van der Waals surface area contributed by atoms with Gasteiger partial charge in [0.25, 0.3) is 0 Å². The molecular weight excluding hydrogens is 350 g/mol. The Morgan fingerprint density at radius 2 is 2.29 bits per heavy atom. The van der Waals surface area contributed by atoms with Gasteiger partial charge in [-0.2, -0.15) is 4.98 Å². The van der Waals surface area contributed by atoms with Crippen LogP contribution in [0.3, 0.4) is 0 Å². The Bertz CT molecular complexity index is 690. The van der Waals surface area contributed by atoms with Crippen LogP contribution in [-0.2, 0) is 14.3 Å². The third-order valence-electron chi connectivity index (χ3n) is 3.40. The van der Waals surface area contributed by atoms with Gasteiger partial charge in [0.15, 0.2) is 10.8 Å². The zero-order valence-electron chi connectivity index (χ0n) is 13.4. The van der Waals surface area contributed by atoms with Crippen LogP contribution in [0.4, 0.5) is 5.13 Å². The van der Waals surface area contributed by atoms with Crippen LogP contribution < -0.4 is 10.2 Å². The molecular formula is C14H19N5O3S2. The number of ether oxygens (including phenoxy) is 2. The fourth-order valence-corrected chi connectivity index (χ4v) is 4.16. The molecule has 1 fully saturated rings. The van der Waals surface area contributed by atoms with Crippen molar-refractivity contribution in [3.8, 4) is 0 Å². The number of fused-ring (bicyclic) bond motifs is 1. The number of carbonyl (C=O) groups is 1. The number of amides is 1. The lowest BCUT2D eigenvalue weighted by Gasteiger charge is -2.25. The van der Waals surface area contributed by atoms with E-state index in [0.717, 1.165) is 27.9 Å². The van der Waals surface area contributed by atoms with Gasteiger partial charge in [-0.3, -0.25) is 4.79 Å². The number of carbonyl (C=O) groups excluding carboxylic acids is 1. The maximum Gasteiger partial charge on any atom is 0.230 e. The summed E-state index contributed by atoms with van der Waals surface area (Å²) in [6.45, 7) is 4.10. The minimum absolute atomic E-state index is 0.0401. The van der Waals surface area contributed by atoms with Gasteiger partial charge in [0, 0.05) is 26.7 Å². The fourth-order valence-electron chi connectivity index (χ4n) is 2.19. The lowest BCUT2D eigenvalue weighted by atomic mass is 10.5. The molecule has 3 heterocycles. The molecule has 24 heavy (non-hydrogen) atoms. The first kappa shape index (κ1) is 17.3. The van der Waals surface area contributed by atoms with Crippen LogP contribution in [0, 0.1) is 0 Å². The van der Waals surface area contributed by atoms with Gasteiger partial charge < -0.3 is 19.7 Å². The summed E-state index contributed by atoms with van der Waals surface area (Å²) in [7, 11) is 1.61. The Morgan fingerprint density at radius 3 is 3.08 bits per heavy atom. The molecule has 0 radical (unpaired) electrons. The largest absolute Gasteiger partial charge is 0.383 e. The molecule has 0 aliphatic carbocycles. The van der Waals surface area contributed by atoms with E-state index in [4.69, 9.17) is 9.47 Å². The zero-order valence-corrected chi connectivity index (χ0v) is 15.0. The number of rotatable bonds is 7. The van der Waals surface area contributed by atoms with Crippen molar-refractivity contribution in [1.29, 1.82) is 0 Å². The van der Waals surface area contributed by atoms with Gasteiger partial charge in [0.1, 0.15) is 16.1 Å². The molecule has 0 bridgehead atoms. The Hall–Kier alpha value is -1.49. The van der Waals surface area contributed by atoms with Gasteiger partial charge in [-0.25, -0.2) is 9.97 Å². The fraction of sp³-hybridized carbons (Fsp3) is 0.571. The second kappa shape index (κ2) is 8.56. The highest BCUT2D eigenvalue weighted by Gasteiger charge is 2.18. The van der Waals surface area contributed by atoms with Crippen LogP contribution in [-0.4, -0.2) is 73.2 Å². The standard InChI is InChI=1S/C14H19N5O3S2/c1-21-5-2-15-10(20)8-23-13-11-12(16-9-17-13)18-14(24-11)19-3-6-22-7-4-19/h9H,2-8H2,1H3,(H,15,20). The summed E-state index contributed by atoms with van der Waals surface area (Å²) < 4.78 is 11.2. The van der Waals surface area contributed by atoms with E-state index in [1.807, 2.05) is 0 Å². The van der Waals surface area contributed by atoms with E-state index in [-0.39, 0.29) is 5.91 Å². The van der Waals surface area contributed by atoms with Crippen molar-refractivity contribution < 1.29 is 14.3 Å². The second-order valence-electron chi connectivity index (χ2n) is 5.06. The predicted octanol–water partition coefficient (Wildman–Crippen LogP) is 0.778. The van der Waals surface area contributed by atoms with Gasteiger partial charge in [0.05, 0.1) is 25.6 Å². The van der Waals surface area contributed by atoms with Crippen LogP contribution >= 0.6 is 23.1 Å². The molecule has 3 rings (SSSR count). The van der Waals surface area contributed by atoms with Crippen molar-refractivity contribution in [3.63, 3.8) is 0 Å². The Labute approximate surface area is 148 Å². The van der Waals surface area contributed by atoms with Crippen LogP contribution in [0.15, 0.2) is 11.4 Å². The molecule has 0 spiro atoms. The van der Waals surface area contributed by atoms with Gasteiger partial charge in [-0.1, -0.05) is 23.1 Å². The van der Waals surface area contributed by atoms with Gasteiger partial charge in [0.2, 0.25) is 5.91 Å². The summed E-state index contributed by atoms with van der Waals surface area (Å²) in [5.74, 6) is 0.266. The van der Waals surface area contributed by atoms with Crippen molar-refractivity contribution in [2.75, 3.05) is 57.2 Å². The first-order valence-electron chi connectivity index (χ1n) is 7.60. The highest BCUT2D eigenvalue weighted by atomic mass is 32.2. The normalized spacial score (nSPS) is 15.0. The Balaban J connectivity index is 1.67. The molecule has 2 aromatic rings. The highest BCUT2D eigenvalue weighted by molar-refractivity contribution is 8.00. The van der Waals surface area contributed by atoms with Crippen molar-refractivity contribution in [2.45, 2.75) is 5.03 Å². The molecule has 2 aromatic heterocycles. The molecule has 0 unspecified atom stereocenters. The molecule has 0 atom stereocenters. The third-order valence-corrected chi connectivity index (χ3v) is 5.63. The third kappa shape index (κ3) is 4.32. The molecule has 0 saturated carbocycles. The van der Waals surface area contributed by atoms with E-state index < -0.39 is 0 Å². The molecule has 130 valence electrons. The minimum atomic E-state index is -0.0401. The van der Waals surface area contributed by atoms with Crippen LogP contribution in [0.2, 0.25) is 0 Å². The Kier molecular flexibility index (Phi) is 6.18. The second-order valence-corrected chi connectivity index (χ2v) is 7.00.